The van der Waals surface area contributed by atoms with E-state index < -0.39 is 11.8 Å². The molecule has 1 fully saturated rings. The van der Waals surface area contributed by atoms with Gasteiger partial charge in [0.2, 0.25) is 11.8 Å². The second-order valence-electron chi connectivity index (χ2n) is 10.1. The van der Waals surface area contributed by atoms with Crippen molar-refractivity contribution < 1.29 is 19.1 Å². The van der Waals surface area contributed by atoms with E-state index in [1.165, 1.54) is 12.0 Å². The van der Waals surface area contributed by atoms with Gasteiger partial charge in [0.15, 0.2) is 0 Å². The molecule has 1 aliphatic heterocycles. The third kappa shape index (κ3) is 3.45. The minimum Gasteiger partial charge on any atom is -0.495 e. The lowest BCUT2D eigenvalue weighted by Crippen LogP contribution is -2.41. The predicted molar refractivity (Wildman–Crippen MR) is 148 cm³/mol. The van der Waals surface area contributed by atoms with E-state index in [0.717, 1.165) is 22.3 Å². The minimum atomic E-state index is -0.453. The lowest BCUT2D eigenvalue weighted by molar-refractivity contribution is -0.122. The van der Waals surface area contributed by atoms with E-state index >= 15 is 0 Å². The summed E-state index contributed by atoms with van der Waals surface area (Å²) in [4.78, 5) is 42.1. The first kappa shape index (κ1) is 23.7. The van der Waals surface area contributed by atoms with Crippen LogP contribution in [0.25, 0.3) is 0 Å². The largest absolute Gasteiger partial charge is 0.495 e. The van der Waals surface area contributed by atoms with E-state index in [9.17, 15) is 14.4 Å². The van der Waals surface area contributed by atoms with Crippen molar-refractivity contribution in [1.29, 1.82) is 0 Å². The van der Waals surface area contributed by atoms with E-state index in [-0.39, 0.29) is 29.6 Å². The zero-order chi connectivity index (χ0) is 26.8. The van der Waals surface area contributed by atoms with Gasteiger partial charge in [-0.2, -0.15) is 0 Å². The molecule has 1 N–H and O–H groups in total. The quantitative estimate of drug-likeness (QED) is 0.326. The Balaban J connectivity index is 1.20. The number of benzene rings is 4. The van der Waals surface area contributed by atoms with Crippen LogP contribution >= 0.6 is 11.6 Å². The molecule has 4 aromatic carbocycles. The van der Waals surface area contributed by atoms with Crippen molar-refractivity contribution in [2.24, 2.45) is 11.8 Å². The molecule has 0 spiro atoms. The molecule has 0 saturated carbocycles. The van der Waals surface area contributed by atoms with E-state index in [2.05, 4.69) is 29.6 Å². The molecule has 4 aliphatic rings. The van der Waals surface area contributed by atoms with Crippen molar-refractivity contribution in [2.45, 2.75) is 11.8 Å². The normalized spacial score (nSPS) is 22.3. The van der Waals surface area contributed by atoms with Crippen LogP contribution in [-0.4, -0.2) is 24.8 Å². The standard InChI is InChI=1S/C32H23ClN2O4/c1-39-25-15-12-18(33)16-24(25)34-30(36)17-10-13-19(14-11-17)35-31(37)28-26-20-6-2-3-7-21(20)27(29(28)32(35)38)23-9-5-4-8-22(23)26/h2-16,26-29H,1H3,(H,34,36)/t26?,27?,28-,29-/m0/s1. The molecule has 2 bridgehead atoms. The zero-order valence-corrected chi connectivity index (χ0v) is 21.7. The van der Waals surface area contributed by atoms with Crippen molar-refractivity contribution in [3.8, 4) is 5.75 Å². The number of hydrogen-bond acceptors (Lipinski definition) is 4. The Morgan fingerprint density at radius 1 is 0.769 bits per heavy atom. The zero-order valence-electron chi connectivity index (χ0n) is 20.9. The maximum absolute atomic E-state index is 13.9. The number of nitrogens with one attached hydrogen (secondary N) is 1. The summed E-state index contributed by atoms with van der Waals surface area (Å²) in [5, 5.41) is 3.28. The average molecular weight is 535 g/mol. The fourth-order valence-corrected chi connectivity index (χ4v) is 6.84. The summed E-state index contributed by atoms with van der Waals surface area (Å²) < 4.78 is 5.31. The van der Waals surface area contributed by atoms with Crippen LogP contribution in [0.5, 0.6) is 5.75 Å². The molecule has 0 radical (unpaired) electrons. The molecule has 3 aliphatic carbocycles. The summed E-state index contributed by atoms with van der Waals surface area (Å²) in [7, 11) is 1.51. The Hall–Kier alpha value is -4.42. The Bertz CT molecular complexity index is 1570. The number of carbonyl (C=O) groups excluding carboxylic acids is 3. The molecule has 0 aromatic heterocycles. The topological polar surface area (TPSA) is 75.7 Å². The van der Waals surface area contributed by atoms with Crippen LogP contribution in [0.3, 0.4) is 0 Å². The van der Waals surface area contributed by atoms with Gasteiger partial charge in [-0.1, -0.05) is 60.1 Å². The van der Waals surface area contributed by atoms with Crippen molar-refractivity contribution in [1.82, 2.24) is 0 Å². The molecule has 39 heavy (non-hydrogen) atoms. The van der Waals surface area contributed by atoms with Gasteiger partial charge in [0.25, 0.3) is 5.91 Å². The smallest absolute Gasteiger partial charge is 0.255 e. The van der Waals surface area contributed by atoms with Gasteiger partial charge >= 0.3 is 0 Å². The number of imide groups is 1. The van der Waals surface area contributed by atoms with Crippen LogP contribution in [0.15, 0.2) is 91.0 Å². The van der Waals surface area contributed by atoms with Gasteiger partial charge in [0.1, 0.15) is 5.75 Å². The Morgan fingerprint density at radius 3 is 1.77 bits per heavy atom. The van der Waals surface area contributed by atoms with Gasteiger partial charge in [0.05, 0.1) is 30.3 Å². The third-order valence-electron chi connectivity index (χ3n) is 8.25. The van der Waals surface area contributed by atoms with Crippen LogP contribution in [0.1, 0.15) is 44.4 Å². The van der Waals surface area contributed by atoms with Crippen LogP contribution in [0.2, 0.25) is 5.02 Å². The lowest BCUT2D eigenvalue weighted by Gasteiger charge is -2.45. The molecule has 4 aromatic rings. The highest BCUT2D eigenvalue weighted by Gasteiger charge is 2.61. The summed E-state index contributed by atoms with van der Waals surface area (Å²) in [6.45, 7) is 0. The number of ether oxygens (including phenoxy) is 1. The summed E-state index contributed by atoms with van der Waals surface area (Å²) in [5.74, 6) is -1.49. The van der Waals surface area contributed by atoms with E-state index in [1.54, 1.807) is 42.5 Å². The molecule has 1 saturated heterocycles. The van der Waals surface area contributed by atoms with Crippen LogP contribution in [-0.2, 0) is 9.59 Å². The van der Waals surface area contributed by atoms with E-state index in [0.29, 0.717) is 27.7 Å². The molecule has 2 atom stereocenters. The molecule has 7 heteroatoms. The lowest BCUT2D eigenvalue weighted by atomic mass is 9.55. The second kappa shape index (κ2) is 8.82. The number of anilines is 2. The molecule has 3 amide bonds. The monoisotopic (exact) mass is 534 g/mol. The molecular weight excluding hydrogens is 512 g/mol. The Kier molecular flexibility index (Phi) is 5.35. The number of halogens is 1. The first-order valence-corrected chi connectivity index (χ1v) is 13.2. The van der Waals surface area contributed by atoms with Crippen LogP contribution in [0, 0.1) is 11.8 Å². The Morgan fingerprint density at radius 2 is 1.28 bits per heavy atom. The second-order valence-corrected chi connectivity index (χ2v) is 10.6. The van der Waals surface area contributed by atoms with Crippen LogP contribution in [0.4, 0.5) is 11.4 Å². The number of carbonyl (C=O) groups is 3. The van der Waals surface area contributed by atoms with Gasteiger partial charge in [-0.3, -0.25) is 14.4 Å². The van der Waals surface area contributed by atoms with Gasteiger partial charge in [0, 0.05) is 22.4 Å². The summed E-state index contributed by atoms with van der Waals surface area (Å²) in [6, 6.07) is 27.8. The van der Waals surface area contributed by atoms with Gasteiger partial charge in [-0.15, -0.1) is 0 Å². The van der Waals surface area contributed by atoms with Crippen molar-refractivity contribution in [3.63, 3.8) is 0 Å². The molecule has 8 rings (SSSR count). The highest BCUT2D eigenvalue weighted by Crippen LogP contribution is 2.61. The molecule has 1 heterocycles. The Labute approximate surface area is 230 Å². The first-order valence-electron chi connectivity index (χ1n) is 12.8. The number of hydrogen-bond donors (Lipinski definition) is 1. The minimum absolute atomic E-state index is 0.161. The van der Waals surface area contributed by atoms with Gasteiger partial charge in [-0.25, -0.2) is 4.90 Å². The summed E-state index contributed by atoms with van der Waals surface area (Å²) in [5.41, 5.74) is 5.81. The molecule has 6 nitrogen and oxygen atoms in total. The number of nitrogens with zero attached hydrogens (tertiary/aromatic N) is 1. The van der Waals surface area contributed by atoms with Gasteiger partial charge in [-0.05, 0) is 64.7 Å². The average Bonchev–Trinajstić information content (AvgIpc) is 3.23. The van der Waals surface area contributed by atoms with E-state index in [1.807, 2.05) is 24.3 Å². The SMILES string of the molecule is COc1ccc(Cl)cc1NC(=O)c1ccc(N2C(=O)[C@H]3C4c5ccccc5C(c5ccccc54)[C@@H]3C2=O)cc1. The fraction of sp³-hybridized carbons (Fsp3) is 0.156. The molecule has 0 unspecified atom stereocenters. The number of methoxy groups -OCH3 is 1. The molecular formula is C32H23ClN2O4. The summed E-state index contributed by atoms with van der Waals surface area (Å²) in [6.07, 6.45) is 0. The number of rotatable bonds is 4. The van der Waals surface area contributed by atoms with Crippen molar-refractivity contribution in [2.75, 3.05) is 17.3 Å². The van der Waals surface area contributed by atoms with E-state index in [4.69, 9.17) is 16.3 Å². The highest BCUT2D eigenvalue weighted by molar-refractivity contribution is 6.31. The van der Waals surface area contributed by atoms with Gasteiger partial charge < -0.3 is 10.1 Å². The van der Waals surface area contributed by atoms with Crippen molar-refractivity contribution >= 4 is 40.7 Å². The fourth-order valence-electron chi connectivity index (χ4n) is 6.67. The maximum atomic E-state index is 13.9. The van der Waals surface area contributed by atoms with Crippen molar-refractivity contribution in [3.05, 3.63) is 124 Å². The highest BCUT2D eigenvalue weighted by atomic mass is 35.5. The maximum Gasteiger partial charge on any atom is 0.255 e. The third-order valence-corrected chi connectivity index (χ3v) is 8.48. The number of amides is 3. The summed E-state index contributed by atoms with van der Waals surface area (Å²) >= 11 is 6.08. The molecule has 192 valence electrons. The predicted octanol–water partition coefficient (Wildman–Crippen LogP) is 6.00. The first-order chi connectivity index (χ1) is 19.0. The van der Waals surface area contributed by atoms with Crippen LogP contribution < -0.4 is 15.0 Å².